The predicted octanol–water partition coefficient (Wildman–Crippen LogP) is 4.10. The van der Waals surface area contributed by atoms with Gasteiger partial charge >= 0.3 is 6.18 Å². The van der Waals surface area contributed by atoms with E-state index < -0.39 is 18.7 Å². The fraction of sp³-hybridized carbons (Fsp3) is 0.294. The average Bonchev–Trinajstić information content (AvgIpc) is 3.22. The van der Waals surface area contributed by atoms with Crippen molar-refractivity contribution in [2.75, 3.05) is 0 Å². The zero-order valence-electron chi connectivity index (χ0n) is 14.0. The molecule has 0 aliphatic heterocycles. The molecule has 11 heteroatoms. The fourth-order valence-electron chi connectivity index (χ4n) is 3.53. The fourth-order valence-corrected chi connectivity index (χ4v) is 3.73. The highest BCUT2D eigenvalue weighted by atomic mass is 35.5. The lowest BCUT2D eigenvalue weighted by atomic mass is 10.1. The van der Waals surface area contributed by atoms with Crippen molar-refractivity contribution in [3.63, 3.8) is 0 Å². The van der Waals surface area contributed by atoms with Gasteiger partial charge in [0.15, 0.2) is 16.4 Å². The van der Waals surface area contributed by atoms with Crippen LogP contribution in [0.1, 0.15) is 29.5 Å². The van der Waals surface area contributed by atoms with E-state index in [1.165, 1.54) is 6.20 Å². The van der Waals surface area contributed by atoms with E-state index in [9.17, 15) is 17.6 Å². The Morgan fingerprint density at radius 1 is 1.14 bits per heavy atom. The lowest BCUT2D eigenvalue weighted by Gasteiger charge is -2.08. The number of rotatable bonds is 3. The Morgan fingerprint density at radius 3 is 2.75 bits per heavy atom. The predicted molar refractivity (Wildman–Crippen MR) is 91.6 cm³/mol. The lowest BCUT2D eigenvalue weighted by molar-refractivity contribution is -0.141. The molecular formula is C17H11ClF4N6. The SMILES string of the molecule is Fc1cnc2c([C@H]3CC3c3ccc4cnn(CC(F)(F)F)c4n3)cc(Cl)nn12. The first-order chi connectivity index (χ1) is 13.3. The van der Waals surface area contributed by atoms with Crippen LogP contribution in [0.3, 0.4) is 0 Å². The summed E-state index contributed by atoms with van der Waals surface area (Å²) < 4.78 is 53.9. The number of hydrogen-bond donors (Lipinski definition) is 0. The Kier molecular flexibility index (Phi) is 3.64. The van der Waals surface area contributed by atoms with E-state index in [0.29, 0.717) is 23.1 Å². The summed E-state index contributed by atoms with van der Waals surface area (Å²) in [7, 11) is 0. The summed E-state index contributed by atoms with van der Waals surface area (Å²) >= 11 is 6.00. The molecule has 6 nitrogen and oxygen atoms in total. The van der Waals surface area contributed by atoms with Gasteiger partial charge in [-0.1, -0.05) is 11.6 Å². The molecule has 0 bridgehead atoms. The van der Waals surface area contributed by atoms with Crippen molar-refractivity contribution in [1.29, 1.82) is 0 Å². The van der Waals surface area contributed by atoms with E-state index in [0.717, 1.165) is 21.0 Å². The van der Waals surface area contributed by atoms with Crippen LogP contribution < -0.4 is 0 Å². The smallest absolute Gasteiger partial charge is 0.238 e. The molecule has 1 fully saturated rings. The quantitative estimate of drug-likeness (QED) is 0.477. The Hall–Kier alpha value is -2.75. The molecule has 5 rings (SSSR count). The van der Waals surface area contributed by atoms with Crippen LogP contribution in [0.15, 0.2) is 30.6 Å². The molecule has 0 aromatic carbocycles. The topological polar surface area (TPSA) is 60.9 Å². The van der Waals surface area contributed by atoms with Crippen molar-refractivity contribution in [3.8, 4) is 0 Å². The summed E-state index contributed by atoms with van der Waals surface area (Å²) in [6, 6.07) is 5.12. The Morgan fingerprint density at radius 2 is 1.96 bits per heavy atom. The second kappa shape index (κ2) is 5.87. The highest BCUT2D eigenvalue weighted by molar-refractivity contribution is 6.29. The van der Waals surface area contributed by atoms with Gasteiger partial charge in [-0.25, -0.2) is 14.6 Å². The Balaban J connectivity index is 1.51. The largest absolute Gasteiger partial charge is 0.408 e. The lowest BCUT2D eigenvalue weighted by Crippen LogP contribution is -2.18. The highest BCUT2D eigenvalue weighted by Crippen LogP contribution is 2.55. The van der Waals surface area contributed by atoms with Gasteiger partial charge < -0.3 is 0 Å². The monoisotopic (exact) mass is 410 g/mol. The van der Waals surface area contributed by atoms with E-state index in [4.69, 9.17) is 11.6 Å². The number of aromatic nitrogens is 6. The minimum absolute atomic E-state index is 0.0197. The van der Waals surface area contributed by atoms with E-state index in [1.54, 1.807) is 18.2 Å². The van der Waals surface area contributed by atoms with Gasteiger partial charge in [0.05, 0.1) is 12.4 Å². The molecule has 0 radical (unpaired) electrons. The molecule has 1 saturated carbocycles. The standard InChI is InChI=1S/C17H11ClF4N6/c18-13-4-11(16-23-6-14(19)28(16)26-13)9-3-10(9)12-2-1-8-5-24-27(15(8)25-12)7-17(20,21)22/h1-2,4-6,9-10H,3,7H2/t9-,10?/m0/s1. The molecule has 0 amide bonds. The van der Waals surface area contributed by atoms with Crippen molar-refractivity contribution in [2.45, 2.75) is 31.0 Å². The van der Waals surface area contributed by atoms with Crippen molar-refractivity contribution >= 4 is 28.3 Å². The van der Waals surface area contributed by atoms with Gasteiger partial charge in [-0.3, -0.25) is 0 Å². The van der Waals surface area contributed by atoms with E-state index in [2.05, 4.69) is 20.2 Å². The van der Waals surface area contributed by atoms with Crippen LogP contribution in [0.2, 0.25) is 5.15 Å². The first-order valence-corrected chi connectivity index (χ1v) is 8.77. The molecule has 0 spiro atoms. The normalized spacial score (nSPS) is 19.6. The highest BCUT2D eigenvalue weighted by Gasteiger charge is 2.43. The molecule has 4 heterocycles. The number of imidazole rings is 1. The van der Waals surface area contributed by atoms with Gasteiger partial charge in [0.2, 0.25) is 5.95 Å². The van der Waals surface area contributed by atoms with Gasteiger partial charge in [0.1, 0.15) is 6.54 Å². The molecule has 1 aliphatic rings. The molecule has 0 N–H and O–H groups in total. The average molecular weight is 411 g/mol. The molecule has 0 saturated heterocycles. The third kappa shape index (κ3) is 2.88. The third-order valence-electron chi connectivity index (χ3n) is 4.83. The molecular weight excluding hydrogens is 400 g/mol. The summed E-state index contributed by atoms with van der Waals surface area (Å²) in [5.74, 6) is -0.666. The number of nitrogens with zero attached hydrogens (tertiary/aromatic N) is 6. The summed E-state index contributed by atoms with van der Waals surface area (Å²) in [5, 5.41) is 8.35. The van der Waals surface area contributed by atoms with Crippen LogP contribution in [0.4, 0.5) is 17.6 Å². The van der Waals surface area contributed by atoms with Crippen molar-refractivity contribution in [2.24, 2.45) is 0 Å². The van der Waals surface area contributed by atoms with Gasteiger partial charge in [-0.2, -0.15) is 32.3 Å². The molecule has 4 aromatic rings. The van der Waals surface area contributed by atoms with Crippen LogP contribution in [0.5, 0.6) is 0 Å². The second-order valence-electron chi connectivity index (χ2n) is 6.75. The number of halogens is 5. The summed E-state index contributed by atoms with van der Waals surface area (Å²) in [5.41, 5.74) is 1.95. The molecule has 28 heavy (non-hydrogen) atoms. The summed E-state index contributed by atoms with van der Waals surface area (Å²) in [6.45, 7) is -1.20. The van der Waals surface area contributed by atoms with E-state index in [-0.39, 0.29) is 22.6 Å². The second-order valence-corrected chi connectivity index (χ2v) is 7.14. The van der Waals surface area contributed by atoms with Gasteiger partial charge in [0.25, 0.3) is 0 Å². The number of alkyl halides is 3. The zero-order chi connectivity index (χ0) is 19.6. The summed E-state index contributed by atoms with van der Waals surface area (Å²) in [4.78, 5) is 8.47. The number of hydrogen-bond acceptors (Lipinski definition) is 4. The van der Waals surface area contributed by atoms with Crippen molar-refractivity contribution in [1.82, 2.24) is 29.4 Å². The van der Waals surface area contributed by atoms with Crippen LogP contribution in [0.25, 0.3) is 16.7 Å². The van der Waals surface area contributed by atoms with Crippen LogP contribution in [-0.2, 0) is 6.54 Å². The maximum atomic E-state index is 13.8. The van der Waals surface area contributed by atoms with Crippen LogP contribution in [0, 0.1) is 5.95 Å². The molecule has 144 valence electrons. The molecule has 1 unspecified atom stereocenters. The third-order valence-corrected chi connectivity index (χ3v) is 5.02. The Bertz CT molecular complexity index is 1210. The first kappa shape index (κ1) is 17.4. The molecule has 2 atom stereocenters. The van der Waals surface area contributed by atoms with Gasteiger partial charge in [0, 0.05) is 22.6 Å². The molecule has 4 aromatic heterocycles. The van der Waals surface area contributed by atoms with Gasteiger partial charge in [-0.05, 0) is 30.5 Å². The summed E-state index contributed by atoms with van der Waals surface area (Å²) in [6.07, 6.45) is -1.25. The minimum Gasteiger partial charge on any atom is -0.238 e. The number of pyridine rings is 1. The first-order valence-electron chi connectivity index (χ1n) is 8.39. The van der Waals surface area contributed by atoms with Gasteiger partial charge in [-0.15, -0.1) is 0 Å². The van der Waals surface area contributed by atoms with Crippen molar-refractivity contribution in [3.05, 3.63) is 53.0 Å². The van der Waals surface area contributed by atoms with Crippen molar-refractivity contribution < 1.29 is 17.6 Å². The van der Waals surface area contributed by atoms with Crippen LogP contribution in [-0.4, -0.2) is 35.5 Å². The maximum absolute atomic E-state index is 13.8. The zero-order valence-corrected chi connectivity index (χ0v) is 14.8. The van der Waals surface area contributed by atoms with E-state index >= 15 is 0 Å². The maximum Gasteiger partial charge on any atom is 0.408 e. The minimum atomic E-state index is -4.39. The van der Waals surface area contributed by atoms with Crippen LogP contribution >= 0.6 is 11.6 Å². The molecule has 1 aliphatic carbocycles. The Labute approximate surface area is 159 Å². The number of fused-ring (bicyclic) bond motifs is 2. The van der Waals surface area contributed by atoms with E-state index in [1.807, 2.05) is 0 Å².